The molecule has 1 unspecified atom stereocenters. The Kier molecular flexibility index (Phi) is 5.30. The fourth-order valence-corrected chi connectivity index (χ4v) is 2.36. The third-order valence-electron chi connectivity index (χ3n) is 2.31. The smallest absolute Gasteiger partial charge is 0.0803 e. The molecule has 0 aliphatic rings. The number of aryl methyl sites for hydroxylation is 1. The maximum atomic E-state index is 5.28. The van der Waals surface area contributed by atoms with Crippen LogP contribution < -0.4 is 5.32 Å². The lowest BCUT2D eigenvalue weighted by molar-refractivity contribution is 0.560. The summed E-state index contributed by atoms with van der Waals surface area (Å²) in [5.41, 5.74) is 1.12. The van der Waals surface area contributed by atoms with E-state index in [1.807, 2.05) is 7.05 Å². The summed E-state index contributed by atoms with van der Waals surface area (Å²) in [6, 6.07) is 0.308. The van der Waals surface area contributed by atoms with Crippen molar-refractivity contribution < 1.29 is 0 Å². The lowest BCUT2D eigenvalue weighted by Crippen LogP contribution is -2.16. The molecule has 0 aliphatic carbocycles. The Bertz CT molecular complexity index is 327. The first kappa shape index (κ1) is 12.2. The maximum Gasteiger partial charge on any atom is 0.0803 e. The molecule has 3 nitrogen and oxygen atoms in total. The minimum atomic E-state index is 0.308. The summed E-state index contributed by atoms with van der Waals surface area (Å²) in [6.07, 6.45) is 9.12. The van der Waals surface area contributed by atoms with E-state index in [1.54, 1.807) is 0 Å². The van der Waals surface area contributed by atoms with E-state index in [2.05, 4.69) is 27.7 Å². The Labute approximate surface area is 95.5 Å². The van der Waals surface area contributed by atoms with Crippen LogP contribution in [0.4, 0.5) is 0 Å². The van der Waals surface area contributed by atoms with Crippen molar-refractivity contribution in [1.29, 1.82) is 0 Å². The van der Waals surface area contributed by atoms with E-state index in [0.29, 0.717) is 6.04 Å². The van der Waals surface area contributed by atoms with Gasteiger partial charge in [-0.2, -0.15) is 0 Å². The number of terminal acetylenes is 1. The molecule has 0 fully saturated rings. The van der Waals surface area contributed by atoms with Crippen LogP contribution >= 0.6 is 11.5 Å². The van der Waals surface area contributed by atoms with E-state index >= 15 is 0 Å². The summed E-state index contributed by atoms with van der Waals surface area (Å²) >= 11 is 1.48. The van der Waals surface area contributed by atoms with Gasteiger partial charge in [0.25, 0.3) is 0 Å². The molecule has 15 heavy (non-hydrogen) atoms. The second kappa shape index (κ2) is 6.54. The fraction of sp³-hybridized carbons (Fsp3) is 0.636. The van der Waals surface area contributed by atoms with Crippen molar-refractivity contribution in [2.24, 2.45) is 0 Å². The third-order valence-corrected chi connectivity index (χ3v) is 3.19. The predicted molar refractivity (Wildman–Crippen MR) is 63.8 cm³/mol. The molecule has 0 aromatic carbocycles. The molecule has 1 rings (SSSR count). The molecule has 0 saturated heterocycles. The minimum Gasteiger partial charge on any atom is -0.312 e. The van der Waals surface area contributed by atoms with Gasteiger partial charge in [-0.15, -0.1) is 17.4 Å². The SMILES string of the molecule is C#CCCC(NC)c1snnc1CCC. The van der Waals surface area contributed by atoms with Gasteiger partial charge in [-0.1, -0.05) is 17.8 Å². The van der Waals surface area contributed by atoms with Gasteiger partial charge in [-0.05, 0) is 31.4 Å². The molecule has 82 valence electrons. The Balaban J connectivity index is 2.72. The Morgan fingerprint density at radius 2 is 2.40 bits per heavy atom. The van der Waals surface area contributed by atoms with Crippen LogP contribution in [0.15, 0.2) is 0 Å². The highest BCUT2D eigenvalue weighted by molar-refractivity contribution is 7.05. The number of hydrogen-bond acceptors (Lipinski definition) is 4. The lowest BCUT2D eigenvalue weighted by Gasteiger charge is -2.13. The van der Waals surface area contributed by atoms with Crippen molar-refractivity contribution >= 4 is 11.5 Å². The van der Waals surface area contributed by atoms with Crippen LogP contribution in [-0.2, 0) is 6.42 Å². The molecule has 1 aromatic heterocycles. The highest BCUT2D eigenvalue weighted by Gasteiger charge is 2.16. The molecule has 0 saturated carbocycles. The quantitative estimate of drug-likeness (QED) is 0.751. The molecule has 0 bridgehead atoms. The normalized spacial score (nSPS) is 12.3. The first-order valence-corrected chi connectivity index (χ1v) is 6.02. The average molecular weight is 223 g/mol. The van der Waals surface area contributed by atoms with Crippen molar-refractivity contribution in [2.75, 3.05) is 7.05 Å². The highest BCUT2D eigenvalue weighted by Crippen LogP contribution is 2.24. The van der Waals surface area contributed by atoms with Gasteiger partial charge in [0.05, 0.1) is 10.6 Å². The van der Waals surface area contributed by atoms with Crippen molar-refractivity contribution in [1.82, 2.24) is 14.9 Å². The van der Waals surface area contributed by atoms with Crippen LogP contribution in [0.3, 0.4) is 0 Å². The third kappa shape index (κ3) is 3.29. The van der Waals surface area contributed by atoms with Gasteiger partial charge in [-0.25, -0.2) is 0 Å². The van der Waals surface area contributed by atoms with Crippen LogP contribution in [-0.4, -0.2) is 16.6 Å². The van der Waals surface area contributed by atoms with Gasteiger partial charge in [-0.3, -0.25) is 0 Å². The van der Waals surface area contributed by atoms with Crippen molar-refractivity contribution in [3.8, 4) is 12.3 Å². The molecule has 0 spiro atoms. The molecule has 0 radical (unpaired) electrons. The average Bonchev–Trinajstić information content (AvgIpc) is 2.68. The molecule has 0 amide bonds. The van der Waals surface area contributed by atoms with Gasteiger partial charge in [0.2, 0.25) is 0 Å². The van der Waals surface area contributed by atoms with Gasteiger partial charge >= 0.3 is 0 Å². The highest BCUT2D eigenvalue weighted by atomic mass is 32.1. The molecule has 1 aromatic rings. The summed E-state index contributed by atoms with van der Waals surface area (Å²) in [4.78, 5) is 1.25. The summed E-state index contributed by atoms with van der Waals surface area (Å²) in [5, 5.41) is 7.43. The van der Waals surface area contributed by atoms with Crippen LogP contribution in [0, 0.1) is 12.3 Å². The first-order chi connectivity index (χ1) is 7.33. The number of rotatable bonds is 6. The van der Waals surface area contributed by atoms with Crippen LogP contribution in [0.5, 0.6) is 0 Å². The summed E-state index contributed by atoms with van der Waals surface area (Å²) in [7, 11) is 1.95. The van der Waals surface area contributed by atoms with Crippen LogP contribution in [0.25, 0.3) is 0 Å². The van der Waals surface area contributed by atoms with Gasteiger partial charge in [0.1, 0.15) is 0 Å². The molecular weight excluding hydrogens is 206 g/mol. The van der Waals surface area contributed by atoms with E-state index in [0.717, 1.165) is 31.4 Å². The number of nitrogens with one attached hydrogen (secondary N) is 1. The molecule has 0 aliphatic heterocycles. The second-order valence-electron chi connectivity index (χ2n) is 3.42. The van der Waals surface area contributed by atoms with Gasteiger partial charge in [0, 0.05) is 12.5 Å². The van der Waals surface area contributed by atoms with Crippen molar-refractivity contribution in [3.63, 3.8) is 0 Å². The predicted octanol–water partition coefficient (Wildman–Crippen LogP) is 2.16. The monoisotopic (exact) mass is 223 g/mol. The zero-order valence-corrected chi connectivity index (χ0v) is 10.1. The molecular formula is C11H17N3S. The van der Waals surface area contributed by atoms with Crippen LogP contribution in [0.2, 0.25) is 0 Å². The lowest BCUT2D eigenvalue weighted by atomic mass is 10.1. The van der Waals surface area contributed by atoms with E-state index in [1.165, 1.54) is 16.4 Å². The Hall–Kier alpha value is -0.920. The topological polar surface area (TPSA) is 37.8 Å². The number of nitrogens with zero attached hydrogens (tertiary/aromatic N) is 2. The molecule has 1 atom stereocenters. The first-order valence-electron chi connectivity index (χ1n) is 5.25. The van der Waals surface area contributed by atoms with Gasteiger partial charge < -0.3 is 5.32 Å². The summed E-state index contributed by atoms with van der Waals surface area (Å²) < 4.78 is 4.02. The molecule has 1 heterocycles. The van der Waals surface area contributed by atoms with E-state index in [-0.39, 0.29) is 0 Å². The number of aromatic nitrogens is 2. The van der Waals surface area contributed by atoms with Gasteiger partial charge in [0.15, 0.2) is 0 Å². The summed E-state index contributed by atoms with van der Waals surface area (Å²) in [6.45, 7) is 2.15. The van der Waals surface area contributed by atoms with E-state index < -0.39 is 0 Å². The fourth-order valence-electron chi connectivity index (χ4n) is 1.52. The van der Waals surface area contributed by atoms with E-state index in [9.17, 15) is 0 Å². The zero-order valence-electron chi connectivity index (χ0n) is 9.29. The largest absolute Gasteiger partial charge is 0.312 e. The van der Waals surface area contributed by atoms with Crippen molar-refractivity contribution in [2.45, 2.75) is 38.6 Å². The summed E-state index contributed by atoms with van der Waals surface area (Å²) in [5.74, 6) is 2.67. The van der Waals surface area contributed by atoms with E-state index in [4.69, 9.17) is 6.42 Å². The Morgan fingerprint density at radius 3 is 3.00 bits per heavy atom. The zero-order chi connectivity index (χ0) is 11.1. The minimum absolute atomic E-state index is 0.308. The maximum absolute atomic E-state index is 5.28. The Morgan fingerprint density at radius 1 is 1.60 bits per heavy atom. The standard InChI is InChI=1S/C11H17N3S/c1-4-6-8-9(12-3)11-10(7-5-2)13-14-15-11/h1,9,12H,5-8H2,2-3H3. The van der Waals surface area contributed by atoms with Crippen LogP contribution in [0.1, 0.15) is 42.8 Å². The molecule has 1 N–H and O–H groups in total. The second-order valence-corrected chi connectivity index (χ2v) is 4.20. The van der Waals surface area contributed by atoms with Crippen molar-refractivity contribution in [3.05, 3.63) is 10.6 Å². The molecule has 4 heteroatoms. The number of hydrogen-bond donors (Lipinski definition) is 1.